The average molecular weight is 320 g/mol. The van der Waals surface area contributed by atoms with Crippen molar-refractivity contribution >= 4 is 16.9 Å². The smallest absolute Gasteiger partial charge is 0.323 e. The molecule has 0 saturated heterocycles. The van der Waals surface area contributed by atoms with Crippen molar-refractivity contribution in [1.82, 2.24) is 4.57 Å². The van der Waals surface area contributed by atoms with Gasteiger partial charge in [0.2, 0.25) is 0 Å². The number of ether oxygens (including phenoxy) is 1. The molecule has 122 valence electrons. The SMILES string of the molecule is COc1ccc2c(c1)c1c(n2C(N)=O)CCC(c2ccccc2)C1. The standard InChI is InChI=1S/C20H20N2O2/c1-24-15-8-10-19-17(12-15)16-11-14(13-5-3-2-4-6-13)7-9-18(16)22(19)20(21)23/h2-6,8,10,12,14H,7,9,11H2,1H3,(H2,21,23). The van der Waals surface area contributed by atoms with Crippen molar-refractivity contribution in [2.24, 2.45) is 5.73 Å². The molecule has 1 aliphatic carbocycles. The molecule has 1 heterocycles. The van der Waals surface area contributed by atoms with Crippen LogP contribution in [-0.4, -0.2) is 17.7 Å². The Balaban J connectivity index is 1.87. The number of methoxy groups -OCH3 is 1. The molecule has 4 rings (SSSR count). The van der Waals surface area contributed by atoms with Gasteiger partial charge in [-0.25, -0.2) is 4.79 Å². The van der Waals surface area contributed by atoms with E-state index in [1.807, 2.05) is 24.3 Å². The molecule has 0 aliphatic heterocycles. The van der Waals surface area contributed by atoms with E-state index in [0.717, 1.165) is 41.6 Å². The number of rotatable bonds is 2. The van der Waals surface area contributed by atoms with Crippen LogP contribution in [0.3, 0.4) is 0 Å². The molecule has 3 aromatic rings. The Hall–Kier alpha value is -2.75. The number of nitrogens with two attached hydrogens (primary N) is 1. The molecule has 0 spiro atoms. The highest BCUT2D eigenvalue weighted by Crippen LogP contribution is 2.39. The van der Waals surface area contributed by atoms with Crippen LogP contribution in [0.1, 0.15) is 29.2 Å². The summed E-state index contributed by atoms with van der Waals surface area (Å²) >= 11 is 0. The van der Waals surface area contributed by atoms with Crippen molar-refractivity contribution in [3.63, 3.8) is 0 Å². The van der Waals surface area contributed by atoms with Crippen molar-refractivity contribution in [2.75, 3.05) is 7.11 Å². The zero-order valence-corrected chi connectivity index (χ0v) is 13.7. The lowest BCUT2D eigenvalue weighted by Crippen LogP contribution is -2.24. The third kappa shape index (κ3) is 2.26. The molecular weight excluding hydrogens is 300 g/mol. The monoisotopic (exact) mass is 320 g/mol. The van der Waals surface area contributed by atoms with E-state index in [2.05, 4.69) is 24.3 Å². The Morgan fingerprint density at radius 1 is 1.21 bits per heavy atom. The molecule has 0 saturated carbocycles. The molecule has 2 N–H and O–H groups in total. The second-order valence-corrected chi connectivity index (χ2v) is 6.33. The second-order valence-electron chi connectivity index (χ2n) is 6.33. The Labute approximate surface area is 140 Å². The van der Waals surface area contributed by atoms with Crippen molar-refractivity contribution in [3.8, 4) is 5.75 Å². The normalized spacial score (nSPS) is 16.8. The predicted molar refractivity (Wildman–Crippen MR) is 94.7 cm³/mol. The molecule has 1 unspecified atom stereocenters. The van der Waals surface area contributed by atoms with Crippen LogP contribution in [0, 0.1) is 0 Å². The van der Waals surface area contributed by atoms with Gasteiger partial charge in [-0.1, -0.05) is 30.3 Å². The highest BCUT2D eigenvalue weighted by atomic mass is 16.5. The van der Waals surface area contributed by atoms with Crippen molar-refractivity contribution in [3.05, 3.63) is 65.4 Å². The highest BCUT2D eigenvalue weighted by Gasteiger charge is 2.27. The number of carbonyl (C=O) groups excluding carboxylic acids is 1. The summed E-state index contributed by atoms with van der Waals surface area (Å²) in [6.45, 7) is 0. The molecule has 2 aromatic carbocycles. The van der Waals surface area contributed by atoms with E-state index in [0.29, 0.717) is 5.92 Å². The van der Waals surface area contributed by atoms with Gasteiger partial charge < -0.3 is 10.5 Å². The maximum Gasteiger partial charge on any atom is 0.323 e. The molecule has 1 amide bonds. The first-order valence-electron chi connectivity index (χ1n) is 8.24. The lowest BCUT2D eigenvalue weighted by molar-refractivity contribution is 0.250. The largest absolute Gasteiger partial charge is 0.497 e. The predicted octanol–water partition coefficient (Wildman–Crippen LogP) is 3.85. The van der Waals surface area contributed by atoms with E-state index >= 15 is 0 Å². The highest BCUT2D eigenvalue weighted by molar-refractivity contribution is 5.95. The summed E-state index contributed by atoms with van der Waals surface area (Å²) in [4.78, 5) is 12.0. The van der Waals surface area contributed by atoms with Crippen molar-refractivity contribution in [2.45, 2.75) is 25.2 Å². The Morgan fingerprint density at radius 2 is 2.00 bits per heavy atom. The van der Waals surface area contributed by atoms with Crippen LogP contribution in [0.15, 0.2) is 48.5 Å². The molecule has 4 heteroatoms. The molecule has 0 bridgehead atoms. The van der Waals surface area contributed by atoms with E-state index in [-0.39, 0.29) is 0 Å². The number of hydrogen-bond donors (Lipinski definition) is 1. The number of aromatic nitrogens is 1. The Kier molecular flexibility index (Phi) is 3.53. The molecule has 0 radical (unpaired) electrons. The molecule has 4 nitrogen and oxygen atoms in total. The summed E-state index contributed by atoms with van der Waals surface area (Å²) < 4.78 is 7.04. The van der Waals surface area contributed by atoms with E-state index < -0.39 is 6.03 Å². The minimum Gasteiger partial charge on any atom is -0.497 e. The first-order chi connectivity index (χ1) is 11.7. The zero-order valence-electron chi connectivity index (χ0n) is 13.7. The second kappa shape index (κ2) is 5.71. The maximum atomic E-state index is 12.0. The maximum absolute atomic E-state index is 12.0. The van der Waals surface area contributed by atoms with Gasteiger partial charge in [0.05, 0.1) is 12.6 Å². The molecule has 24 heavy (non-hydrogen) atoms. The third-order valence-electron chi connectivity index (χ3n) is 5.06. The summed E-state index contributed by atoms with van der Waals surface area (Å²) in [5, 5.41) is 1.07. The fourth-order valence-electron chi connectivity index (χ4n) is 3.93. The quantitative estimate of drug-likeness (QED) is 0.779. The first-order valence-corrected chi connectivity index (χ1v) is 8.24. The molecular formula is C20H20N2O2. The van der Waals surface area contributed by atoms with Crippen LogP contribution >= 0.6 is 0 Å². The fourth-order valence-corrected chi connectivity index (χ4v) is 3.93. The van der Waals surface area contributed by atoms with Crippen LogP contribution in [0.5, 0.6) is 5.75 Å². The Morgan fingerprint density at radius 3 is 2.71 bits per heavy atom. The summed E-state index contributed by atoms with van der Waals surface area (Å²) in [6.07, 6.45) is 2.80. The summed E-state index contributed by atoms with van der Waals surface area (Å²) in [5.74, 6) is 1.27. The number of nitrogens with zero attached hydrogens (tertiary/aromatic N) is 1. The number of fused-ring (bicyclic) bond motifs is 3. The van der Waals surface area contributed by atoms with Gasteiger partial charge in [-0.05, 0) is 54.5 Å². The lowest BCUT2D eigenvalue weighted by Gasteiger charge is -2.24. The number of hydrogen-bond acceptors (Lipinski definition) is 2. The molecule has 1 aromatic heterocycles. The third-order valence-corrected chi connectivity index (χ3v) is 5.06. The summed E-state index contributed by atoms with van der Waals surface area (Å²) in [7, 11) is 1.66. The van der Waals surface area contributed by atoms with Crippen LogP contribution in [-0.2, 0) is 12.8 Å². The van der Waals surface area contributed by atoms with Gasteiger partial charge in [0.1, 0.15) is 5.75 Å². The number of carbonyl (C=O) groups is 1. The minimum atomic E-state index is -0.412. The van der Waals surface area contributed by atoms with Gasteiger partial charge in [0, 0.05) is 11.1 Å². The van der Waals surface area contributed by atoms with Gasteiger partial charge in [0.25, 0.3) is 0 Å². The van der Waals surface area contributed by atoms with E-state index in [1.165, 1.54) is 11.1 Å². The topological polar surface area (TPSA) is 57.2 Å². The van der Waals surface area contributed by atoms with Crippen LogP contribution in [0.25, 0.3) is 10.9 Å². The fraction of sp³-hybridized carbons (Fsp3) is 0.250. The zero-order chi connectivity index (χ0) is 16.7. The first kappa shape index (κ1) is 14.8. The Bertz CT molecular complexity index is 912. The number of amides is 1. The van der Waals surface area contributed by atoms with Crippen molar-refractivity contribution < 1.29 is 9.53 Å². The lowest BCUT2D eigenvalue weighted by atomic mass is 9.82. The molecule has 1 atom stereocenters. The van der Waals surface area contributed by atoms with Gasteiger partial charge >= 0.3 is 6.03 Å². The van der Waals surface area contributed by atoms with Gasteiger partial charge in [0.15, 0.2) is 0 Å². The van der Waals surface area contributed by atoms with E-state index in [1.54, 1.807) is 11.7 Å². The van der Waals surface area contributed by atoms with Crippen LogP contribution < -0.4 is 10.5 Å². The van der Waals surface area contributed by atoms with Crippen LogP contribution in [0.2, 0.25) is 0 Å². The summed E-state index contributed by atoms with van der Waals surface area (Å²) in [6, 6.07) is 16.0. The van der Waals surface area contributed by atoms with E-state index in [9.17, 15) is 4.79 Å². The van der Waals surface area contributed by atoms with Crippen molar-refractivity contribution in [1.29, 1.82) is 0 Å². The minimum absolute atomic E-state index is 0.412. The average Bonchev–Trinajstić information content (AvgIpc) is 2.95. The number of primary amides is 1. The summed E-state index contributed by atoms with van der Waals surface area (Å²) in [5.41, 5.74) is 10.2. The van der Waals surface area contributed by atoms with Crippen LogP contribution in [0.4, 0.5) is 4.79 Å². The van der Waals surface area contributed by atoms with Gasteiger partial charge in [-0.3, -0.25) is 4.57 Å². The number of benzene rings is 2. The van der Waals surface area contributed by atoms with E-state index in [4.69, 9.17) is 10.5 Å². The molecule has 1 aliphatic rings. The molecule has 0 fully saturated rings. The van der Waals surface area contributed by atoms with Gasteiger partial charge in [-0.2, -0.15) is 0 Å². The van der Waals surface area contributed by atoms with Gasteiger partial charge in [-0.15, -0.1) is 0 Å².